The average molecular weight is 259 g/mol. The van der Waals surface area contributed by atoms with Gasteiger partial charge in [0, 0.05) is 18.3 Å². The van der Waals surface area contributed by atoms with Crippen molar-refractivity contribution in [2.24, 2.45) is 0 Å². The van der Waals surface area contributed by atoms with Crippen molar-refractivity contribution in [2.45, 2.75) is 18.9 Å². The fourth-order valence-electron chi connectivity index (χ4n) is 1.90. The number of nitrogens with zero attached hydrogens (tertiary/aromatic N) is 1. The first-order valence-corrected chi connectivity index (χ1v) is 6.23. The molecule has 0 saturated carbocycles. The van der Waals surface area contributed by atoms with Gasteiger partial charge in [0.15, 0.2) is 0 Å². The second-order valence-corrected chi connectivity index (χ2v) is 4.36. The van der Waals surface area contributed by atoms with Crippen molar-refractivity contribution in [2.75, 3.05) is 6.54 Å². The normalized spacial score (nSPS) is 12.2. The number of aromatic amines is 1. The zero-order chi connectivity index (χ0) is 13.5. The Balaban J connectivity index is 1.82. The summed E-state index contributed by atoms with van der Waals surface area (Å²) in [6, 6.07) is 9.40. The molecule has 1 aromatic carbocycles. The van der Waals surface area contributed by atoms with Crippen LogP contribution in [0.3, 0.4) is 0 Å². The van der Waals surface area contributed by atoms with Crippen molar-refractivity contribution >= 4 is 5.97 Å². The van der Waals surface area contributed by atoms with E-state index in [0.717, 1.165) is 12.1 Å². The molecule has 2 rings (SSSR count). The summed E-state index contributed by atoms with van der Waals surface area (Å²) in [5, 5.41) is 12.2. The van der Waals surface area contributed by atoms with Gasteiger partial charge in [-0.2, -0.15) is 0 Å². The molecule has 2 aromatic rings. The molecule has 1 heterocycles. The van der Waals surface area contributed by atoms with Gasteiger partial charge in [-0.15, -0.1) is 0 Å². The molecule has 0 bridgehead atoms. The Bertz CT molecular complexity index is 497. The van der Waals surface area contributed by atoms with E-state index in [1.165, 1.54) is 5.56 Å². The topological polar surface area (TPSA) is 78.0 Å². The van der Waals surface area contributed by atoms with Crippen LogP contribution in [0, 0.1) is 0 Å². The molecular weight excluding hydrogens is 242 g/mol. The van der Waals surface area contributed by atoms with Gasteiger partial charge in [0.25, 0.3) is 0 Å². The van der Waals surface area contributed by atoms with Gasteiger partial charge in [0.05, 0.1) is 6.33 Å². The monoisotopic (exact) mass is 259 g/mol. The molecule has 100 valence electrons. The Hall–Kier alpha value is -2.14. The molecule has 3 N–H and O–H groups in total. The van der Waals surface area contributed by atoms with Gasteiger partial charge >= 0.3 is 5.97 Å². The fourth-order valence-corrected chi connectivity index (χ4v) is 1.90. The summed E-state index contributed by atoms with van der Waals surface area (Å²) >= 11 is 0. The minimum absolute atomic E-state index is 0.407. The Morgan fingerprint density at radius 2 is 2.16 bits per heavy atom. The van der Waals surface area contributed by atoms with Crippen LogP contribution in [0.15, 0.2) is 42.9 Å². The van der Waals surface area contributed by atoms with E-state index in [1.807, 2.05) is 30.3 Å². The zero-order valence-corrected chi connectivity index (χ0v) is 10.5. The van der Waals surface area contributed by atoms with Crippen molar-refractivity contribution in [1.29, 1.82) is 0 Å². The maximum atomic E-state index is 11.2. The Morgan fingerprint density at radius 1 is 1.37 bits per heavy atom. The van der Waals surface area contributed by atoms with Crippen LogP contribution in [-0.2, 0) is 17.6 Å². The number of imidazole rings is 1. The highest BCUT2D eigenvalue weighted by atomic mass is 16.4. The number of hydrogen-bond donors (Lipinski definition) is 3. The molecule has 0 aliphatic carbocycles. The van der Waals surface area contributed by atoms with E-state index in [-0.39, 0.29) is 0 Å². The highest BCUT2D eigenvalue weighted by molar-refractivity contribution is 5.73. The highest BCUT2D eigenvalue weighted by Gasteiger charge is 2.17. The number of benzene rings is 1. The predicted octanol–water partition coefficient (Wildman–Crippen LogP) is 1.24. The number of rotatable bonds is 7. The van der Waals surface area contributed by atoms with Gasteiger partial charge in [0.1, 0.15) is 6.04 Å². The molecule has 0 aliphatic heterocycles. The molecule has 0 fully saturated rings. The number of carboxylic acids is 1. The number of aromatic nitrogens is 2. The lowest BCUT2D eigenvalue weighted by molar-refractivity contribution is -0.139. The van der Waals surface area contributed by atoms with E-state index in [2.05, 4.69) is 15.3 Å². The van der Waals surface area contributed by atoms with Crippen LogP contribution >= 0.6 is 0 Å². The van der Waals surface area contributed by atoms with Gasteiger partial charge in [-0.25, -0.2) is 4.98 Å². The predicted molar refractivity (Wildman–Crippen MR) is 71.9 cm³/mol. The van der Waals surface area contributed by atoms with Crippen LogP contribution in [0.25, 0.3) is 0 Å². The number of H-pyrrole nitrogens is 1. The van der Waals surface area contributed by atoms with Crippen molar-refractivity contribution in [1.82, 2.24) is 15.3 Å². The molecule has 1 atom stereocenters. The lowest BCUT2D eigenvalue weighted by Gasteiger charge is -2.13. The number of carboxylic acid groups (broad SMARTS) is 1. The Morgan fingerprint density at radius 3 is 2.79 bits per heavy atom. The minimum atomic E-state index is -0.845. The van der Waals surface area contributed by atoms with Crippen LogP contribution < -0.4 is 5.32 Å². The summed E-state index contributed by atoms with van der Waals surface area (Å²) in [6.45, 7) is 0.634. The summed E-state index contributed by atoms with van der Waals surface area (Å²) in [5.41, 5.74) is 2.01. The van der Waals surface area contributed by atoms with E-state index in [0.29, 0.717) is 13.0 Å². The maximum Gasteiger partial charge on any atom is 0.321 e. The Labute approximate surface area is 111 Å². The molecule has 0 amide bonds. The third-order valence-electron chi connectivity index (χ3n) is 2.92. The lowest BCUT2D eigenvalue weighted by atomic mass is 10.1. The standard InChI is InChI=1S/C14H17N3O2/c18-14(19)13(8-12-9-15-10-17-12)16-7-6-11-4-2-1-3-5-11/h1-5,9-10,13,16H,6-8H2,(H,15,17)(H,18,19)/t13-/m0/s1. The summed E-state index contributed by atoms with van der Waals surface area (Å²) in [6.07, 6.45) is 4.42. The molecule has 0 saturated heterocycles. The quantitative estimate of drug-likeness (QED) is 0.699. The van der Waals surface area contributed by atoms with Gasteiger partial charge in [-0.1, -0.05) is 30.3 Å². The lowest BCUT2D eigenvalue weighted by Crippen LogP contribution is -2.39. The van der Waals surface area contributed by atoms with E-state index >= 15 is 0 Å². The Kier molecular flexibility index (Phi) is 4.69. The van der Waals surface area contributed by atoms with Crippen molar-refractivity contribution in [3.05, 3.63) is 54.1 Å². The summed E-state index contributed by atoms with van der Waals surface area (Å²) in [4.78, 5) is 18.0. The van der Waals surface area contributed by atoms with Crippen molar-refractivity contribution < 1.29 is 9.90 Å². The third-order valence-corrected chi connectivity index (χ3v) is 2.92. The van der Waals surface area contributed by atoms with E-state index < -0.39 is 12.0 Å². The van der Waals surface area contributed by atoms with E-state index in [9.17, 15) is 9.90 Å². The average Bonchev–Trinajstić information content (AvgIpc) is 2.91. The molecule has 19 heavy (non-hydrogen) atoms. The van der Waals surface area contributed by atoms with Gasteiger partial charge in [0.2, 0.25) is 0 Å². The zero-order valence-electron chi connectivity index (χ0n) is 10.5. The van der Waals surface area contributed by atoms with E-state index in [1.54, 1.807) is 12.5 Å². The van der Waals surface area contributed by atoms with Crippen molar-refractivity contribution in [3.8, 4) is 0 Å². The van der Waals surface area contributed by atoms with Crippen LogP contribution in [0.2, 0.25) is 0 Å². The van der Waals surface area contributed by atoms with Crippen molar-refractivity contribution in [3.63, 3.8) is 0 Å². The summed E-state index contributed by atoms with van der Waals surface area (Å²) < 4.78 is 0. The van der Waals surface area contributed by atoms with Crippen LogP contribution in [0.4, 0.5) is 0 Å². The molecular formula is C14H17N3O2. The van der Waals surface area contributed by atoms with Gasteiger partial charge in [-0.05, 0) is 18.5 Å². The highest BCUT2D eigenvalue weighted by Crippen LogP contribution is 2.01. The van der Waals surface area contributed by atoms with E-state index in [4.69, 9.17) is 0 Å². The largest absolute Gasteiger partial charge is 0.480 e. The summed E-state index contributed by atoms with van der Waals surface area (Å²) in [5.74, 6) is -0.845. The molecule has 1 aromatic heterocycles. The molecule has 0 radical (unpaired) electrons. The molecule has 5 heteroatoms. The number of aliphatic carboxylic acids is 1. The third kappa shape index (κ3) is 4.22. The number of hydrogen-bond acceptors (Lipinski definition) is 3. The molecule has 5 nitrogen and oxygen atoms in total. The molecule has 0 spiro atoms. The second-order valence-electron chi connectivity index (χ2n) is 4.36. The van der Waals surface area contributed by atoms with Gasteiger partial charge < -0.3 is 15.4 Å². The molecule has 0 aliphatic rings. The second kappa shape index (κ2) is 6.70. The summed E-state index contributed by atoms with van der Waals surface area (Å²) in [7, 11) is 0. The first-order valence-electron chi connectivity index (χ1n) is 6.23. The first kappa shape index (κ1) is 13.3. The van der Waals surface area contributed by atoms with Crippen LogP contribution in [0.5, 0.6) is 0 Å². The molecule has 0 unspecified atom stereocenters. The number of nitrogens with one attached hydrogen (secondary N) is 2. The SMILES string of the molecule is O=C(O)[C@H](Cc1cnc[nH]1)NCCc1ccccc1. The first-order chi connectivity index (χ1) is 9.25. The minimum Gasteiger partial charge on any atom is -0.480 e. The smallest absolute Gasteiger partial charge is 0.321 e. The van der Waals surface area contributed by atoms with Gasteiger partial charge in [-0.3, -0.25) is 4.79 Å². The number of carbonyl (C=O) groups is 1. The fraction of sp³-hybridized carbons (Fsp3) is 0.286. The van der Waals surface area contributed by atoms with Crippen LogP contribution in [0.1, 0.15) is 11.3 Å². The van der Waals surface area contributed by atoms with Crippen LogP contribution in [-0.4, -0.2) is 33.6 Å². The maximum absolute atomic E-state index is 11.2.